The van der Waals surface area contributed by atoms with Crippen LogP contribution in [0.4, 0.5) is 4.79 Å². The second-order valence-corrected chi connectivity index (χ2v) is 4.57. The van der Waals surface area contributed by atoms with E-state index in [4.69, 9.17) is 0 Å². The van der Waals surface area contributed by atoms with Crippen LogP contribution in [0, 0.1) is 0 Å². The van der Waals surface area contributed by atoms with Crippen molar-refractivity contribution in [3.05, 3.63) is 60.2 Å². The number of pyridine rings is 2. The second kappa shape index (κ2) is 6.04. The number of carbonyl (C=O) groups is 1. The minimum absolute atomic E-state index is 0.223. The summed E-state index contributed by atoms with van der Waals surface area (Å²) in [6.45, 7) is 0.849. The Kier molecular flexibility index (Phi) is 3.77. The average Bonchev–Trinajstić information content (AvgIpc) is 2.95. The molecule has 0 aliphatic heterocycles. The molecule has 3 aromatic heterocycles. The Morgan fingerprint density at radius 1 is 1.05 bits per heavy atom. The zero-order valence-electron chi connectivity index (χ0n) is 11.3. The number of hydrogen-bond acceptors (Lipinski definition) is 3. The predicted octanol–water partition coefficient (Wildman–Crippen LogP) is 1.96. The molecule has 0 unspecified atom stereocenters. The SMILES string of the molecule is O=C(NCc1ccccn1)NCc1c[nH]c2ncccc12. The molecule has 0 aliphatic rings. The van der Waals surface area contributed by atoms with Crippen molar-refractivity contribution < 1.29 is 4.79 Å². The van der Waals surface area contributed by atoms with Gasteiger partial charge >= 0.3 is 6.03 Å². The van der Waals surface area contributed by atoms with Gasteiger partial charge < -0.3 is 15.6 Å². The van der Waals surface area contributed by atoms with E-state index in [1.807, 2.05) is 36.5 Å². The molecule has 0 saturated carbocycles. The summed E-state index contributed by atoms with van der Waals surface area (Å²) in [7, 11) is 0. The fraction of sp³-hybridized carbons (Fsp3) is 0.133. The third-order valence-electron chi connectivity index (χ3n) is 3.13. The number of aromatic amines is 1. The highest BCUT2D eigenvalue weighted by Crippen LogP contribution is 2.14. The molecule has 21 heavy (non-hydrogen) atoms. The normalized spacial score (nSPS) is 10.5. The fourth-order valence-corrected chi connectivity index (χ4v) is 2.07. The maximum absolute atomic E-state index is 11.8. The molecule has 0 aliphatic carbocycles. The number of fused-ring (bicyclic) bond motifs is 1. The predicted molar refractivity (Wildman–Crippen MR) is 79.4 cm³/mol. The molecule has 6 nitrogen and oxygen atoms in total. The zero-order valence-corrected chi connectivity index (χ0v) is 11.3. The Morgan fingerprint density at radius 3 is 2.76 bits per heavy atom. The lowest BCUT2D eigenvalue weighted by Gasteiger charge is -2.06. The van der Waals surface area contributed by atoms with Crippen LogP contribution in [-0.4, -0.2) is 21.0 Å². The molecule has 2 amide bonds. The van der Waals surface area contributed by atoms with Gasteiger partial charge in [0, 0.05) is 30.5 Å². The van der Waals surface area contributed by atoms with Crippen molar-refractivity contribution in [2.45, 2.75) is 13.1 Å². The minimum atomic E-state index is -0.223. The third-order valence-corrected chi connectivity index (χ3v) is 3.13. The molecule has 0 fully saturated rings. The topological polar surface area (TPSA) is 82.7 Å². The fourth-order valence-electron chi connectivity index (χ4n) is 2.07. The summed E-state index contributed by atoms with van der Waals surface area (Å²) in [4.78, 5) is 23.2. The monoisotopic (exact) mass is 281 g/mol. The molecule has 0 atom stereocenters. The number of aromatic nitrogens is 3. The van der Waals surface area contributed by atoms with E-state index in [1.54, 1.807) is 12.4 Å². The molecule has 0 bridgehead atoms. The highest BCUT2D eigenvalue weighted by atomic mass is 16.2. The van der Waals surface area contributed by atoms with Gasteiger partial charge in [0.25, 0.3) is 0 Å². The molecule has 3 heterocycles. The lowest BCUT2D eigenvalue weighted by atomic mass is 10.2. The number of nitrogens with zero attached hydrogens (tertiary/aromatic N) is 2. The molecule has 3 N–H and O–H groups in total. The van der Waals surface area contributed by atoms with E-state index in [-0.39, 0.29) is 6.03 Å². The maximum Gasteiger partial charge on any atom is 0.315 e. The van der Waals surface area contributed by atoms with E-state index >= 15 is 0 Å². The number of H-pyrrole nitrogens is 1. The van der Waals surface area contributed by atoms with Crippen LogP contribution in [0.1, 0.15) is 11.3 Å². The van der Waals surface area contributed by atoms with Crippen molar-refractivity contribution >= 4 is 17.1 Å². The number of amides is 2. The molecular formula is C15H15N5O. The lowest BCUT2D eigenvalue weighted by molar-refractivity contribution is 0.240. The van der Waals surface area contributed by atoms with E-state index < -0.39 is 0 Å². The Hall–Kier alpha value is -2.89. The molecule has 0 aromatic carbocycles. The number of carbonyl (C=O) groups excluding carboxylic acids is 1. The summed E-state index contributed by atoms with van der Waals surface area (Å²) >= 11 is 0. The molecule has 106 valence electrons. The van der Waals surface area contributed by atoms with Crippen LogP contribution < -0.4 is 10.6 Å². The van der Waals surface area contributed by atoms with Crippen molar-refractivity contribution in [1.82, 2.24) is 25.6 Å². The van der Waals surface area contributed by atoms with Gasteiger partial charge in [-0.2, -0.15) is 0 Å². The molecule has 6 heteroatoms. The van der Waals surface area contributed by atoms with Crippen LogP contribution >= 0.6 is 0 Å². The summed E-state index contributed by atoms with van der Waals surface area (Å²) in [5.74, 6) is 0. The number of nitrogens with one attached hydrogen (secondary N) is 3. The Balaban J connectivity index is 1.54. The number of rotatable bonds is 4. The van der Waals surface area contributed by atoms with Gasteiger partial charge in [-0.05, 0) is 29.8 Å². The van der Waals surface area contributed by atoms with Crippen molar-refractivity contribution in [2.24, 2.45) is 0 Å². The Bertz CT molecular complexity index is 738. The minimum Gasteiger partial charge on any atom is -0.346 e. The lowest BCUT2D eigenvalue weighted by Crippen LogP contribution is -2.34. The first-order chi connectivity index (χ1) is 10.3. The molecular weight excluding hydrogens is 266 g/mol. The number of hydrogen-bond donors (Lipinski definition) is 3. The second-order valence-electron chi connectivity index (χ2n) is 4.57. The standard InChI is InChI=1S/C15H15N5O/c21-15(20-10-12-4-1-2-6-16-12)19-9-11-8-18-14-13(11)5-3-7-17-14/h1-8H,9-10H2,(H,17,18)(H2,19,20,21). The van der Waals surface area contributed by atoms with Gasteiger partial charge in [0.15, 0.2) is 0 Å². The van der Waals surface area contributed by atoms with Crippen LogP contribution in [0.5, 0.6) is 0 Å². The first kappa shape index (κ1) is 13.1. The summed E-state index contributed by atoms with van der Waals surface area (Å²) < 4.78 is 0. The summed E-state index contributed by atoms with van der Waals surface area (Å²) in [5.41, 5.74) is 2.65. The van der Waals surface area contributed by atoms with Crippen molar-refractivity contribution in [1.29, 1.82) is 0 Å². The highest BCUT2D eigenvalue weighted by molar-refractivity contribution is 5.80. The molecule has 3 rings (SSSR count). The van der Waals surface area contributed by atoms with Gasteiger partial charge in [0.1, 0.15) is 5.65 Å². The van der Waals surface area contributed by atoms with Crippen LogP contribution in [0.15, 0.2) is 48.9 Å². The summed E-state index contributed by atoms with van der Waals surface area (Å²) in [6.07, 6.45) is 5.29. The van der Waals surface area contributed by atoms with E-state index in [0.29, 0.717) is 13.1 Å². The summed E-state index contributed by atoms with van der Waals surface area (Å²) in [5, 5.41) is 6.61. The van der Waals surface area contributed by atoms with E-state index in [1.165, 1.54) is 0 Å². The van der Waals surface area contributed by atoms with Gasteiger partial charge in [0.2, 0.25) is 0 Å². The molecule has 0 radical (unpaired) electrons. The average molecular weight is 281 g/mol. The van der Waals surface area contributed by atoms with Gasteiger partial charge in [0.05, 0.1) is 12.2 Å². The third kappa shape index (κ3) is 3.17. The van der Waals surface area contributed by atoms with Crippen LogP contribution in [0.2, 0.25) is 0 Å². The first-order valence-electron chi connectivity index (χ1n) is 6.65. The molecule has 0 spiro atoms. The Morgan fingerprint density at radius 2 is 1.90 bits per heavy atom. The van der Waals surface area contributed by atoms with Crippen molar-refractivity contribution in [3.8, 4) is 0 Å². The molecule has 3 aromatic rings. The Labute approximate surface area is 121 Å². The largest absolute Gasteiger partial charge is 0.346 e. The van der Waals surface area contributed by atoms with Gasteiger partial charge in [-0.15, -0.1) is 0 Å². The van der Waals surface area contributed by atoms with E-state index in [9.17, 15) is 4.79 Å². The van der Waals surface area contributed by atoms with Gasteiger partial charge in [-0.1, -0.05) is 6.07 Å². The van der Waals surface area contributed by atoms with Crippen LogP contribution in [-0.2, 0) is 13.1 Å². The van der Waals surface area contributed by atoms with Gasteiger partial charge in [-0.3, -0.25) is 4.98 Å². The van der Waals surface area contributed by atoms with Crippen LogP contribution in [0.25, 0.3) is 11.0 Å². The number of urea groups is 1. The van der Waals surface area contributed by atoms with Gasteiger partial charge in [-0.25, -0.2) is 9.78 Å². The van der Waals surface area contributed by atoms with Crippen molar-refractivity contribution in [2.75, 3.05) is 0 Å². The quantitative estimate of drug-likeness (QED) is 0.683. The smallest absolute Gasteiger partial charge is 0.315 e. The highest BCUT2D eigenvalue weighted by Gasteiger charge is 2.06. The first-order valence-corrected chi connectivity index (χ1v) is 6.65. The zero-order chi connectivity index (χ0) is 14.5. The molecule has 0 saturated heterocycles. The van der Waals surface area contributed by atoms with Crippen LogP contribution in [0.3, 0.4) is 0 Å². The maximum atomic E-state index is 11.8. The van der Waals surface area contributed by atoms with Crippen molar-refractivity contribution in [3.63, 3.8) is 0 Å². The van der Waals surface area contributed by atoms with E-state index in [2.05, 4.69) is 25.6 Å². The van der Waals surface area contributed by atoms with E-state index in [0.717, 1.165) is 22.3 Å². The summed E-state index contributed by atoms with van der Waals surface area (Å²) in [6, 6.07) is 9.22.